The Kier molecular flexibility index (Phi) is 6.25. The Morgan fingerprint density at radius 3 is 2.68 bits per heavy atom. The van der Waals surface area contributed by atoms with Crippen molar-refractivity contribution >= 4 is 32.7 Å². The Bertz CT molecular complexity index is 1010. The second-order valence-electron chi connectivity index (χ2n) is 5.60. The van der Waals surface area contributed by atoms with Gasteiger partial charge in [-0.15, -0.1) is 22.7 Å². The summed E-state index contributed by atoms with van der Waals surface area (Å²) >= 11 is 2.27. The smallest absolute Gasteiger partial charge is 0.383 e. The predicted octanol–water partition coefficient (Wildman–Crippen LogP) is 4.32. The van der Waals surface area contributed by atoms with Crippen LogP contribution in [0.15, 0.2) is 44.4 Å². The van der Waals surface area contributed by atoms with Crippen LogP contribution in [0.25, 0.3) is 10.6 Å². The van der Waals surface area contributed by atoms with Crippen molar-refractivity contribution in [1.29, 1.82) is 0 Å². The first-order chi connectivity index (χ1) is 13.2. The molecule has 3 rings (SSSR count). The summed E-state index contributed by atoms with van der Waals surface area (Å²) in [4.78, 5) is 1.13. The Morgan fingerprint density at radius 2 is 2.07 bits per heavy atom. The lowest BCUT2D eigenvalue weighted by Gasteiger charge is -2.20. The molecule has 0 unspecified atom stereocenters. The molecule has 0 fully saturated rings. The van der Waals surface area contributed by atoms with Gasteiger partial charge in [0.1, 0.15) is 9.90 Å². The van der Waals surface area contributed by atoms with Gasteiger partial charge in [0.15, 0.2) is 0 Å². The summed E-state index contributed by atoms with van der Waals surface area (Å²) in [6.07, 6.45) is -4.66. The van der Waals surface area contributed by atoms with Crippen molar-refractivity contribution in [1.82, 2.24) is 9.46 Å². The third-order valence-electron chi connectivity index (χ3n) is 3.67. The van der Waals surface area contributed by atoms with Crippen molar-refractivity contribution in [3.63, 3.8) is 0 Å². The number of hydrogen-bond donors (Lipinski definition) is 0. The standard InChI is InChI=1S/C16H15F3N2O4S3/c1-24-7-6-21(10-11-3-2-8-26-11)28(22,23)15-5-4-13(27-15)12-9-14(25-20-12)16(17,18)19/h2-5,8-9H,6-7,10H2,1H3. The molecule has 0 aliphatic carbocycles. The van der Waals surface area contributed by atoms with Crippen LogP contribution in [-0.2, 0) is 27.5 Å². The van der Waals surface area contributed by atoms with E-state index in [4.69, 9.17) is 4.74 Å². The SMILES string of the molecule is COCCN(Cc1cccs1)S(=O)(=O)c1ccc(-c2cc(C(F)(F)F)on2)s1. The van der Waals surface area contributed by atoms with E-state index >= 15 is 0 Å². The molecule has 0 spiro atoms. The minimum atomic E-state index is -4.66. The van der Waals surface area contributed by atoms with Crippen LogP contribution in [0.3, 0.4) is 0 Å². The van der Waals surface area contributed by atoms with Gasteiger partial charge in [-0.05, 0) is 23.6 Å². The molecule has 0 saturated heterocycles. The van der Waals surface area contributed by atoms with E-state index in [1.165, 1.54) is 34.9 Å². The van der Waals surface area contributed by atoms with Crippen LogP contribution in [0.2, 0.25) is 0 Å². The van der Waals surface area contributed by atoms with E-state index in [9.17, 15) is 21.6 Å². The minimum absolute atomic E-state index is 0.00622. The van der Waals surface area contributed by atoms with E-state index in [0.29, 0.717) is 0 Å². The van der Waals surface area contributed by atoms with E-state index in [0.717, 1.165) is 22.3 Å². The first-order valence-corrected chi connectivity index (χ1v) is 11.0. The summed E-state index contributed by atoms with van der Waals surface area (Å²) in [5.74, 6) is -1.24. The number of nitrogens with zero attached hydrogens (tertiary/aromatic N) is 2. The summed E-state index contributed by atoms with van der Waals surface area (Å²) in [5.41, 5.74) is -0.0690. The minimum Gasteiger partial charge on any atom is -0.383 e. The van der Waals surface area contributed by atoms with E-state index < -0.39 is 22.0 Å². The molecule has 0 N–H and O–H groups in total. The Labute approximate surface area is 167 Å². The molecule has 0 atom stereocenters. The molecule has 0 bridgehead atoms. The number of rotatable bonds is 8. The number of hydrogen-bond acceptors (Lipinski definition) is 7. The number of thiophene rings is 2. The molecule has 0 aliphatic rings. The second-order valence-corrected chi connectivity index (χ2v) is 9.88. The Morgan fingerprint density at radius 1 is 1.29 bits per heavy atom. The number of halogens is 3. The van der Waals surface area contributed by atoms with Gasteiger partial charge in [-0.3, -0.25) is 0 Å². The van der Waals surface area contributed by atoms with Gasteiger partial charge in [-0.1, -0.05) is 11.2 Å². The van der Waals surface area contributed by atoms with Gasteiger partial charge < -0.3 is 9.26 Å². The highest BCUT2D eigenvalue weighted by molar-refractivity contribution is 7.91. The maximum atomic E-state index is 13.0. The summed E-state index contributed by atoms with van der Waals surface area (Å²) in [6, 6.07) is 7.17. The van der Waals surface area contributed by atoms with E-state index in [-0.39, 0.29) is 34.5 Å². The molecule has 0 aromatic carbocycles. The number of sulfonamides is 1. The third kappa shape index (κ3) is 4.63. The topological polar surface area (TPSA) is 72.6 Å². The summed E-state index contributed by atoms with van der Waals surface area (Å²) < 4.78 is 74.7. The fraction of sp³-hybridized carbons (Fsp3) is 0.312. The summed E-state index contributed by atoms with van der Waals surface area (Å²) in [7, 11) is -2.39. The molecule has 0 radical (unpaired) electrons. The van der Waals surface area contributed by atoms with Crippen molar-refractivity contribution in [3.8, 4) is 10.6 Å². The molecule has 12 heteroatoms. The second kappa shape index (κ2) is 8.33. The van der Waals surface area contributed by atoms with Gasteiger partial charge in [-0.25, -0.2) is 8.42 Å². The van der Waals surface area contributed by atoms with Crippen LogP contribution in [0, 0.1) is 0 Å². The van der Waals surface area contributed by atoms with Crippen molar-refractivity contribution in [2.75, 3.05) is 20.3 Å². The van der Waals surface area contributed by atoms with Crippen LogP contribution in [-0.4, -0.2) is 38.1 Å². The monoisotopic (exact) mass is 452 g/mol. The van der Waals surface area contributed by atoms with Crippen molar-refractivity contribution in [3.05, 3.63) is 46.3 Å². The maximum Gasteiger partial charge on any atom is 0.452 e. The van der Waals surface area contributed by atoms with Gasteiger partial charge in [-0.2, -0.15) is 17.5 Å². The lowest BCUT2D eigenvalue weighted by molar-refractivity contribution is -0.155. The van der Waals surface area contributed by atoms with Crippen molar-refractivity contribution in [2.24, 2.45) is 0 Å². The fourth-order valence-electron chi connectivity index (χ4n) is 2.30. The Hall–Kier alpha value is -1.73. The number of ether oxygens (including phenoxy) is 1. The first-order valence-electron chi connectivity index (χ1n) is 7.87. The molecule has 0 amide bonds. The van der Waals surface area contributed by atoms with Crippen LogP contribution in [0.4, 0.5) is 13.2 Å². The van der Waals surface area contributed by atoms with Crippen LogP contribution >= 0.6 is 22.7 Å². The first kappa shape index (κ1) is 21.0. The van der Waals surface area contributed by atoms with E-state index in [1.807, 2.05) is 17.5 Å². The van der Waals surface area contributed by atoms with Gasteiger partial charge in [0.05, 0.1) is 11.5 Å². The average molecular weight is 453 g/mol. The molecular weight excluding hydrogens is 437 g/mol. The van der Waals surface area contributed by atoms with Crippen LogP contribution in [0.1, 0.15) is 10.6 Å². The molecule has 0 saturated carbocycles. The highest BCUT2D eigenvalue weighted by Crippen LogP contribution is 2.36. The van der Waals surface area contributed by atoms with Crippen molar-refractivity contribution < 1.29 is 30.8 Å². The maximum absolute atomic E-state index is 13.0. The zero-order valence-corrected chi connectivity index (χ0v) is 16.9. The molecule has 152 valence electrons. The zero-order valence-electron chi connectivity index (χ0n) is 14.5. The van der Waals surface area contributed by atoms with Crippen LogP contribution < -0.4 is 0 Å². The average Bonchev–Trinajstić information content (AvgIpc) is 3.38. The molecule has 28 heavy (non-hydrogen) atoms. The molecule has 3 aromatic rings. The Balaban J connectivity index is 1.87. The normalized spacial score (nSPS) is 12.8. The molecular formula is C16H15F3N2O4S3. The highest BCUT2D eigenvalue weighted by atomic mass is 32.2. The van der Waals surface area contributed by atoms with Crippen molar-refractivity contribution in [2.45, 2.75) is 16.9 Å². The zero-order chi connectivity index (χ0) is 20.4. The molecule has 0 aliphatic heterocycles. The molecule has 6 nitrogen and oxygen atoms in total. The van der Waals surface area contributed by atoms with E-state index in [1.54, 1.807) is 0 Å². The largest absolute Gasteiger partial charge is 0.452 e. The van der Waals surface area contributed by atoms with E-state index in [2.05, 4.69) is 9.68 Å². The van der Waals surface area contributed by atoms with Gasteiger partial charge >= 0.3 is 6.18 Å². The predicted molar refractivity (Wildman–Crippen MR) is 98.6 cm³/mol. The van der Waals surface area contributed by atoms with Gasteiger partial charge in [0.2, 0.25) is 5.76 Å². The number of methoxy groups -OCH3 is 1. The van der Waals surface area contributed by atoms with Crippen LogP contribution in [0.5, 0.6) is 0 Å². The van der Waals surface area contributed by atoms with Gasteiger partial charge in [0, 0.05) is 31.1 Å². The highest BCUT2D eigenvalue weighted by Gasteiger charge is 2.36. The van der Waals surface area contributed by atoms with Gasteiger partial charge in [0.25, 0.3) is 10.0 Å². The number of alkyl halides is 3. The quantitative estimate of drug-likeness (QED) is 0.509. The lowest BCUT2D eigenvalue weighted by Crippen LogP contribution is -2.32. The summed E-state index contributed by atoms with van der Waals surface area (Å²) in [5, 5.41) is 5.24. The summed E-state index contributed by atoms with van der Waals surface area (Å²) in [6.45, 7) is 0.534. The lowest BCUT2D eigenvalue weighted by atomic mass is 10.3. The third-order valence-corrected chi connectivity index (χ3v) is 7.96. The molecule has 3 heterocycles. The number of aromatic nitrogens is 1. The fourth-order valence-corrected chi connectivity index (χ4v) is 5.92. The molecule has 3 aromatic heterocycles.